The molecule has 3 aliphatic rings. The molecule has 0 spiro atoms. The summed E-state index contributed by atoms with van der Waals surface area (Å²) >= 11 is 0. The lowest BCUT2D eigenvalue weighted by Crippen LogP contribution is -2.35. The molecule has 0 aromatic rings. The summed E-state index contributed by atoms with van der Waals surface area (Å²) in [6, 6.07) is 13.1. The van der Waals surface area contributed by atoms with Gasteiger partial charge in [0.2, 0.25) is 0 Å². The molecule has 0 aromatic carbocycles. The lowest BCUT2D eigenvalue weighted by Gasteiger charge is -2.26. The number of rotatable bonds is 2. The monoisotopic (exact) mass is 241 g/mol. The van der Waals surface area contributed by atoms with Crippen LogP contribution < -0.4 is 0 Å². The van der Waals surface area contributed by atoms with Crippen molar-refractivity contribution in [3.63, 3.8) is 0 Å². The Hall–Kier alpha value is -1.38. The number of hydrogen-bond donors (Lipinski definition) is 0. The molecule has 2 heteroatoms. The van der Waals surface area contributed by atoms with E-state index >= 15 is 0 Å². The molecule has 1 heterocycles. The predicted molar refractivity (Wildman–Crippen MR) is 73.9 cm³/mol. The summed E-state index contributed by atoms with van der Waals surface area (Å²) in [5.41, 5.74) is 5.59. The quantitative estimate of drug-likeness (QED) is 0.801. The van der Waals surface area contributed by atoms with Crippen LogP contribution in [0.4, 0.5) is 0 Å². The highest BCUT2D eigenvalue weighted by molar-refractivity contribution is 5.74. The van der Waals surface area contributed by atoms with Crippen LogP contribution in [0.3, 0.4) is 0 Å². The van der Waals surface area contributed by atoms with E-state index in [2.05, 4.69) is 48.2 Å². The van der Waals surface area contributed by atoms with Gasteiger partial charge in [-0.15, -0.1) is 0 Å². The third-order valence-electron chi connectivity index (χ3n) is 3.70. The van der Waals surface area contributed by atoms with Gasteiger partial charge in [-0.25, -0.2) is 0 Å². The number of ether oxygens (including phenoxy) is 1. The van der Waals surface area contributed by atoms with E-state index in [9.17, 15) is 0 Å². The first-order valence-electron chi connectivity index (χ1n) is 6.62. The highest BCUT2D eigenvalue weighted by Gasteiger charge is 2.16. The summed E-state index contributed by atoms with van der Waals surface area (Å²) in [4.78, 5) is 2.48. The lowest BCUT2D eigenvalue weighted by atomic mass is 10.1. The zero-order valence-electron chi connectivity index (χ0n) is 10.9. The van der Waals surface area contributed by atoms with Crippen molar-refractivity contribution in [3.8, 4) is 11.1 Å². The average molecular weight is 241 g/mol. The Kier molecular flexibility index (Phi) is 3.31. The minimum Gasteiger partial charge on any atom is -0.379 e. The second kappa shape index (κ2) is 5.09. The van der Waals surface area contributed by atoms with Gasteiger partial charge >= 0.3 is 0 Å². The van der Waals surface area contributed by atoms with E-state index in [1.54, 1.807) is 0 Å². The predicted octanol–water partition coefficient (Wildman–Crippen LogP) is 2.93. The normalized spacial score (nSPS) is 17.2. The van der Waals surface area contributed by atoms with Crippen LogP contribution in [0, 0.1) is 6.92 Å². The maximum Gasteiger partial charge on any atom is 0.0594 e. The van der Waals surface area contributed by atoms with Crippen molar-refractivity contribution in [2.45, 2.75) is 13.5 Å². The minimum atomic E-state index is 0.866. The first kappa shape index (κ1) is 11.7. The zero-order chi connectivity index (χ0) is 12.4. The van der Waals surface area contributed by atoms with E-state index < -0.39 is 0 Å². The Morgan fingerprint density at radius 2 is 1.78 bits per heavy atom. The molecule has 0 bridgehead atoms. The van der Waals surface area contributed by atoms with Crippen molar-refractivity contribution in [3.05, 3.63) is 47.5 Å². The van der Waals surface area contributed by atoms with Gasteiger partial charge < -0.3 is 4.74 Å². The van der Waals surface area contributed by atoms with Gasteiger partial charge in [0, 0.05) is 19.6 Å². The van der Waals surface area contributed by atoms with Crippen molar-refractivity contribution in [1.82, 2.24) is 4.90 Å². The van der Waals surface area contributed by atoms with E-state index in [4.69, 9.17) is 4.74 Å². The van der Waals surface area contributed by atoms with Gasteiger partial charge in [-0.3, -0.25) is 4.90 Å². The molecule has 1 aliphatic heterocycles. The second-order valence-corrected chi connectivity index (χ2v) is 4.98. The van der Waals surface area contributed by atoms with Crippen LogP contribution in [0.1, 0.15) is 11.1 Å². The third kappa shape index (κ3) is 2.26. The highest BCUT2D eigenvalue weighted by Crippen LogP contribution is 2.32. The SMILES string of the molecule is Cc1cc(CN2CCOCC2)c2cccccc1-2. The van der Waals surface area contributed by atoms with Crippen molar-refractivity contribution in [2.75, 3.05) is 26.3 Å². The van der Waals surface area contributed by atoms with Crippen LogP contribution in [0.5, 0.6) is 0 Å². The van der Waals surface area contributed by atoms with Gasteiger partial charge in [0.05, 0.1) is 13.2 Å². The number of nitrogens with zero attached hydrogens (tertiary/aromatic N) is 1. The van der Waals surface area contributed by atoms with Gasteiger partial charge in [0.1, 0.15) is 0 Å². The lowest BCUT2D eigenvalue weighted by molar-refractivity contribution is 0.0343. The summed E-state index contributed by atoms with van der Waals surface area (Å²) in [6.07, 6.45) is 0. The van der Waals surface area contributed by atoms with Crippen molar-refractivity contribution >= 4 is 0 Å². The van der Waals surface area contributed by atoms with E-state index in [0.29, 0.717) is 0 Å². The maximum absolute atomic E-state index is 5.40. The van der Waals surface area contributed by atoms with Crippen molar-refractivity contribution in [1.29, 1.82) is 0 Å². The van der Waals surface area contributed by atoms with Crippen molar-refractivity contribution < 1.29 is 4.74 Å². The Morgan fingerprint density at radius 1 is 1.06 bits per heavy atom. The standard InChI is InChI=1S/C16H19NO/c1-13-11-14(12-17-7-9-18-10-8-17)16-6-4-2-3-5-15(13)16/h2-6,11H,7-10,12H2,1H3. The summed E-state index contributed by atoms with van der Waals surface area (Å²) in [5.74, 6) is 0. The fraction of sp³-hybridized carbons (Fsp3) is 0.375. The highest BCUT2D eigenvalue weighted by atomic mass is 16.5. The topological polar surface area (TPSA) is 12.5 Å². The maximum atomic E-state index is 5.40. The Bertz CT molecular complexity index is 503. The fourth-order valence-electron chi connectivity index (χ4n) is 2.72. The summed E-state index contributed by atoms with van der Waals surface area (Å²) < 4.78 is 5.40. The van der Waals surface area contributed by atoms with E-state index in [0.717, 1.165) is 32.8 Å². The largest absolute Gasteiger partial charge is 0.379 e. The first-order chi connectivity index (χ1) is 8.84. The second-order valence-electron chi connectivity index (χ2n) is 4.98. The molecule has 3 rings (SSSR count). The van der Waals surface area contributed by atoms with Gasteiger partial charge in [0.15, 0.2) is 0 Å². The zero-order valence-corrected chi connectivity index (χ0v) is 10.9. The minimum absolute atomic E-state index is 0.866. The Labute approximate surface area is 109 Å². The molecule has 0 atom stereocenters. The van der Waals surface area contributed by atoms with Crippen molar-refractivity contribution in [2.24, 2.45) is 0 Å². The van der Waals surface area contributed by atoms with Crippen LogP contribution in [0.25, 0.3) is 11.1 Å². The van der Waals surface area contributed by atoms with Crippen LogP contribution in [-0.4, -0.2) is 31.2 Å². The summed E-state index contributed by atoms with van der Waals surface area (Å²) in [6.45, 7) is 7.06. The van der Waals surface area contributed by atoms with E-state index in [-0.39, 0.29) is 0 Å². The van der Waals surface area contributed by atoms with Crippen LogP contribution in [-0.2, 0) is 11.3 Å². The molecule has 18 heavy (non-hydrogen) atoms. The fourth-order valence-corrected chi connectivity index (χ4v) is 2.72. The van der Waals surface area contributed by atoms with Crippen LogP contribution in [0.15, 0.2) is 36.4 Å². The molecular weight excluding hydrogens is 222 g/mol. The molecule has 1 fully saturated rings. The van der Waals surface area contributed by atoms with Crippen LogP contribution in [0.2, 0.25) is 0 Å². The van der Waals surface area contributed by atoms with E-state index in [1.165, 1.54) is 22.3 Å². The molecule has 0 amide bonds. The molecule has 0 saturated carbocycles. The molecule has 0 unspecified atom stereocenters. The van der Waals surface area contributed by atoms with Crippen LogP contribution >= 0.6 is 0 Å². The van der Waals surface area contributed by atoms with E-state index in [1.807, 2.05) is 0 Å². The number of hydrogen-bond acceptors (Lipinski definition) is 2. The number of fused-ring (bicyclic) bond motifs is 1. The number of morpholine rings is 1. The molecule has 0 aromatic heterocycles. The van der Waals surface area contributed by atoms with Gasteiger partial charge in [-0.1, -0.05) is 36.4 Å². The number of aryl methyl sites for hydroxylation is 1. The van der Waals surface area contributed by atoms with Gasteiger partial charge in [-0.05, 0) is 29.2 Å². The molecular formula is C16H19NO. The third-order valence-corrected chi connectivity index (χ3v) is 3.70. The molecule has 1 saturated heterocycles. The average Bonchev–Trinajstić information content (AvgIpc) is 2.59. The van der Waals surface area contributed by atoms with Gasteiger partial charge in [-0.2, -0.15) is 0 Å². The molecule has 0 radical (unpaired) electrons. The van der Waals surface area contributed by atoms with Gasteiger partial charge in [0.25, 0.3) is 0 Å². The molecule has 0 N–H and O–H groups in total. The Balaban J connectivity index is 1.89. The Morgan fingerprint density at radius 3 is 2.56 bits per heavy atom. The first-order valence-corrected chi connectivity index (χ1v) is 6.62. The molecule has 94 valence electrons. The summed E-state index contributed by atoms with van der Waals surface area (Å²) in [5, 5.41) is 0. The molecule has 2 nitrogen and oxygen atoms in total. The summed E-state index contributed by atoms with van der Waals surface area (Å²) in [7, 11) is 0. The smallest absolute Gasteiger partial charge is 0.0594 e. The molecule has 2 aliphatic carbocycles.